The smallest absolute Gasteiger partial charge is 0.0596 e. The first-order chi connectivity index (χ1) is 5.68. The molecule has 0 aromatic heterocycles. The predicted molar refractivity (Wildman–Crippen MR) is 50.1 cm³/mol. The van der Waals surface area contributed by atoms with E-state index >= 15 is 0 Å². The maximum absolute atomic E-state index is 5.77. The topological polar surface area (TPSA) is 38.5 Å². The Hall–Kier alpha value is -0.120. The summed E-state index contributed by atoms with van der Waals surface area (Å²) in [5, 5.41) is 0. The Morgan fingerprint density at radius 2 is 2.33 bits per heavy atom. The van der Waals surface area contributed by atoms with E-state index in [1.807, 2.05) is 0 Å². The zero-order chi connectivity index (χ0) is 8.97. The lowest BCUT2D eigenvalue weighted by Gasteiger charge is -2.15. The molecule has 1 saturated heterocycles. The first kappa shape index (κ1) is 9.96. The molecule has 3 nitrogen and oxygen atoms in total. The molecule has 1 aliphatic rings. The van der Waals surface area contributed by atoms with Gasteiger partial charge in [-0.1, -0.05) is 0 Å². The van der Waals surface area contributed by atoms with Crippen molar-refractivity contribution in [1.29, 1.82) is 0 Å². The van der Waals surface area contributed by atoms with Crippen LogP contribution in [0.15, 0.2) is 0 Å². The van der Waals surface area contributed by atoms with E-state index in [9.17, 15) is 0 Å². The zero-order valence-corrected chi connectivity index (χ0v) is 8.12. The van der Waals surface area contributed by atoms with E-state index < -0.39 is 0 Å². The van der Waals surface area contributed by atoms with E-state index in [1.54, 1.807) is 0 Å². The Kier molecular flexibility index (Phi) is 3.98. The third kappa shape index (κ3) is 3.52. The van der Waals surface area contributed by atoms with Crippen LogP contribution in [0.25, 0.3) is 0 Å². The summed E-state index contributed by atoms with van der Waals surface area (Å²) >= 11 is 0. The largest absolute Gasteiger partial charge is 0.377 e. The number of rotatable bonds is 4. The SMILES string of the molecule is CC(C)OCCN1CC[C@@H](N)C1. The van der Waals surface area contributed by atoms with Crippen molar-refractivity contribution >= 4 is 0 Å². The molecule has 2 N–H and O–H groups in total. The van der Waals surface area contributed by atoms with E-state index in [0.717, 1.165) is 32.7 Å². The van der Waals surface area contributed by atoms with Gasteiger partial charge in [0.2, 0.25) is 0 Å². The molecule has 0 spiro atoms. The molecule has 1 aliphatic heterocycles. The minimum Gasteiger partial charge on any atom is -0.377 e. The van der Waals surface area contributed by atoms with Crippen molar-refractivity contribution in [3.63, 3.8) is 0 Å². The lowest BCUT2D eigenvalue weighted by molar-refractivity contribution is 0.0633. The van der Waals surface area contributed by atoms with Gasteiger partial charge in [0.25, 0.3) is 0 Å². The zero-order valence-electron chi connectivity index (χ0n) is 8.12. The second-order valence-corrected chi connectivity index (χ2v) is 3.77. The molecule has 0 aromatic carbocycles. The molecule has 1 rings (SSSR count). The molecule has 0 aliphatic carbocycles. The minimum atomic E-state index is 0.348. The average molecular weight is 172 g/mol. The molecular formula is C9H20N2O. The fourth-order valence-corrected chi connectivity index (χ4v) is 1.48. The highest BCUT2D eigenvalue weighted by atomic mass is 16.5. The Labute approximate surface area is 74.9 Å². The summed E-state index contributed by atoms with van der Waals surface area (Å²) in [7, 11) is 0. The standard InChI is InChI=1S/C9H20N2O/c1-8(2)12-6-5-11-4-3-9(10)7-11/h8-9H,3-7,10H2,1-2H3/t9-/m1/s1. The van der Waals surface area contributed by atoms with Crippen molar-refractivity contribution in [1.82, 2.24) is 4.90 Å². The van der Waals surface area contributed by atoms with Crippen LogP contribution >= 0.6 is 0 Å². The number of nitrogens with two attached hydrogens (primary N) is 1. The second kappa shape index (κ2) is 4.80. The molecule has 3 heteroatoms. The first-order valence-electron chi connectivity index (χ1n) is 4.78. The van der Waals surface area contributed by atoms with Gasteiger partial charge in [0.15, 0.2) is 0 Å². The third-order valence-electron chi connectivity index (χ3n) is 2.17. The van der Waals surface area contributed by atoms with Crippen LogP contribution in [0.5, 0.6) is 0 Å². The van der Waals surface area contributed by atoms with Crippen molar-refractivity contribution in [2.45, 2.75) is 32.4 Å². The highest BCUT2D eigenvalue weighted by Crippen LogP contribution is 2.05. The Morgan fingerprint density at radius 1 is 1.58 bits per heavy atom. The van der Waals surface area contributed by atoms with E-state index in [0.29, 0.717) is 12.1 Å². The summed E-state index contributed by atoms with van der Waals surface area (Å²) in [6.07, 6.45) is 1.49. The van der Waals surface area contributed by atoms with Gasteiger partial charge in [-0.05, 0) is 26.8 Å². The number of likely N-dealkylation sites (tertiary alicyclic amines) is 1. The highest BCUT2D eigenvalue weighted by molar-refractivity contribution is 4.77. The first-order valence-corrected chi connectivity index (χ1v) is 4.78. The molecular weight excluding hydrogens is 152 g/mol. The van der Waals surface area contributed by atoms with Gasteiger partial charge in [-0.15, -0.1) is 0 Å². The maximum atomic E-state index is 5.77. The van der Waals surface area contributed by atoms with Crippen LogP contribution in [-0.4, -0.2) is 43.3 Å². The fraction of sp³-hybridized carbons (Fsp3) is 1.00. The summed E-state index contributed by atoms with van der Waals surface area (Å²) in [4.78, 5) is 2.37. The Bertz CT molecular complexity index is 128. The molecule has 0 saturated carbocycles. The lowest BCUT2D eigenvalue weighted by atomic mass is 10.3. The second-order valence-electron chi connectivity index (χ2n) is 3.77. The van der Waals surface area contributed by atoms with Crippen LogP contribution in [-0.2, 0) is 4.74 Å². The molecule has 72 valence electrons. The summed E-state index contributed by atoms with van der Waals surface area (Å²) in [5.74, 6) is 0. The maximum Gasteiger partial charge on any atom is 0.0596 e. The van der Waals surface area contributed by atoms with Crippen LogP contribution in [0.1, 0.15) is 20.3 Å². The summed E-state index contributed by atoms with van der Waals surface area (Å²) in [6.45, 7) is 8.19. The molecule has 1 fully saturated rings. The number of ether oxygens (including phenoxy) is 1. The van der Waals surface area contributed by atoms with Gasteiger partial charge in [0.1, 0.15) is 0 Å². The van der Waals surface area contributed by atoms with Crippen LogP contribution in [0.3, 0.4) is 0 Å². The minimum absolute atomic E-state index is 0.348. The summed E-state index contributed by atoms with van der Waals surface area (Å²) < 4.78 is 5.46. The lowest BCUT2D eigenvalue weighted by Crippen LogP contribution is -2.29. The van der Waals surface area contributed by atoms with Crippen LogP contribution in [0.4, 0.5) is 0 Å². The molecule has 0 amide bonds. The molecule has 0 aromatic rings. The predicted octanol–water partition coefficient (Wildman–Crippen LogP) is 0.444. The average Bonchev–Trinajstić information content (AvgIpc) is 2.35. The Morgan fingerprint density at radius 3 is 2.83 bits per heavy atom. The number of hydrogen-bond acceptors (Lipinski definition) is 3. The normalized spacial score (nSPS) is 25.5. The molecule has 1 heterocycles. The van der Waals surface area contributed by atoms with Gasteiger partial charge in [-0.2, -0.15) is 0 Å². The molecule has 12 heavy (non-hydrogen) atoms. The monoisotopic (exact) mass is 172 g/mol. The van der Waals surface area contributed by atoms with Gasteiger partial charge in [-0.25, -0.2) is 0 Å². The quantitative estimate of drug-likeness (QED) is 0.669. The van der Waals surface area contributed by atoms with E-state index in [1.165, 1.54) is 0 Å². The summed E-state index contributed by atoms with van der Waals surface area (Å²) in [5.41, 5.74) is 5.77. The van der Waals surface area contributed by atoms with Gasteiger partial charge in [0, 0.05) is 19.1 Å². The van der Waals surface area contributed by atoms with E-state index in [4.69, 9.17) is 10.5 Å². The van der Waals surface area contributed by atoms with E-state index in [-0.39, 0.29) is 0 Å². The van der Waals surface area contributed by atoms with Crippen molar-refractivity contribution < 1.29 is 4.74 Å². The molecule has 0 bridgehead atoms. The highest BCUT2D eigenvalue weighted by Gasteiger charge is 2.17. The van der Waals surface area contributed by atoms with Gasteiger partial charge < -0.3 is 10.5 Å². The molecule has 0 radical (unpaired) electrons. The van der Waals surface area contributed by atoms with Gasteiger partial charge in [-0.3, -0.25) is 4.90 Å². The number of nitrogens with zero attached hydrogens (tertiary/aromatic N) is 1. The molecule has 0 unspecified atom stereocenters. The van der Waals surface area contributed by atoms with Crippen LogP contribution in [0, 0.1) is 0 Å². The van der Waals surface area contributed by atoms with Gasteiger partial charge >= 0.3 is 0 Å². The van der Waals surface area contributed by atoms with Crippen molar-refractivity contribution in [2.24, 2.45) is 5.73 Å². The Balaban J connectivity index is 2.00. The van der Waals surface area contributed by atoms with Crippen molar-refractivity contribution in [3.05, 3.63) is 0 Å². The van der Waals surface area contributed by atoms with Crippen LogP contribution in [0.2, 0.25) is 0 Å². The third-order valence-corrected chi connectivity index (χ3v) is 2.17. The summed E-state index contributed by atoms with van der Waals surface area (Å²) in [6, 6.07) is 0.393. The number of hydrogen-bond donors (Lipinski definition) is 1. The van der Waals surface area contributed by atoms with Gasteiger partial charge in [0.05, 0.1) is 12.7 Å². The molecule has 1 atom stereocenters. The van der Waals surface area contributed by atoms with E-state index in [2.05, 4.69) is 18.7 Å². The van der Waals surface area contributed by atoms with Crippen LogP contribution < -0.4 is 5.73 Å². The van der Waals surface area contributed by atoms with Crippen molar-refractivity contribution in [2.75, 3.05) is 26.2 Å². The fourth-order valence-electron chi connectivity index (χ4n) is 1.48. The van der Waals surface area contributed by atoms with Crippen molar-refractivity contribution in [3.8, 4) is 0 Å².